The van der Waals surface area contributed by atoms with Gasteiger partial charge in [-0.25, -0.2) is 0 Å². The van der Waals surface area contributed by atoms with Crippen molar-refractivity contribution in [2.24, 2.45) is 11.7 Å². The third-order valence-electron chi connectivity index (χ3n) is 6.58. The largest absolute Gasteiger partial charge is 0.370 e. The van der Waals surface area contributed by atoms with Crippen LogP contribution >= 0.6 is 0 Å². The van der Waals surface area contributed by atoms with Crippen LogP contribution in [0.1, 0.15) is 72.5 Å². The summed E-state index contributed by atoms with van der Waals surface area (Å²) in [4.78, 5) is 37.5. The van der Waals surface area contributed by atoms with Gasteiger partial charge in [-0.15, -0.1) is 0 Å². The van der Waals surface area contributed by atoms with E-state index in [9.17, 15) is 14.4 Å². The molecule has 1 saturated heterocycles. The number of carbonyl (C=O) groups is 3. The molecular formula is C29H37N3O3. The van der Waals surface area contributed by atoms with Crippen LogP contribution in [-0.2, 0) is 16.1 Å². The van der Waals surface area contributed by atoms with Crippen LogP contribution in [0.5, 0.6) is 0 Å². The number of amides is 2. The Morgan fingerprint density at radius 1 is 1.09 bits per heavy atom. The van der Waals surface area contributed by atoms with E-state index in [2.05, 4.69) is 41.4 Å². The first kappa shape index (κ1) is 26.4. The molecule has 3 rings (SSSR count). The summed E-state index contributed by atoms with van der Waals surface area (Å²) in [5.74, 6) is 0.0990. The predicted octanol–water partition coefficient (Wildman–Crippen LogP) is 4.43. The molecule has 3 N–H and O–H groups in total. The maximum atomic E-state index is 13.0. The summed E-state index contributed by atoms with van der Waals surface area (Å²) in [6, 6.07) is 15.5. The van der Waals surface area contributed by atoms with Crippen LogP contribution in [0.15, 0.2) is 48.5 Å². The van der Waals surface area contributed by atoms with Crippen LogP contribution < -0.4 is 11.1 Å². The van der Waals surface area contributed by atoms with E-state index in [1.54, 1.807) is 6.07 Å². The van der Waals surface area contributed by atoms with E-state index in [0.717, 1.165) is 29.9 Å². The molecule has 1 unspecified atom stereocenters. The summed E-state index contributed by atoms with van der Waals surface area (Å²) in [6.45, 7) is 5.65. The van der Waals surface area contributed by atoms with Gasteiger partial charge in [0.1, 0.15) is 6.29 Å². The molecule has 186 valence electrons. The molecule has 1 atom stereocenters. The zero-order valence-electron chi connectivity index (χ0n) is 20.6. The van der Waals surface area contributed by atoms with Gasteiger partial charge in [0.05, 0.1) is 0 Å². The number of primary amides is 1. The molecule has 2 aromatic rings. The number of nitrogens with one attached hydrogen (secondary N) is 1. The second kappa shape index (κ2) is 13.6. The van der Waals surface area contributed by atoms with Crippen molar-refractivity contribution in [1.29, 1.82) is 0 Å². The van der Waals surface area contributed by atoms with Crippen LogP contribution in [0.25, 0.3) is 12.2 Å². The Kier molecular flexibility index (Phi) is 10.2. The first-order valence-electron chi connectivity index (χ1n) is 12.6. The molecule has 6 heteroatoms. The Morgan fingerprint density at radius 2 is 1.80 bits per heavy atom. The Bertz CT molecular complexity index is 1010. The van der Waals surface area contributed by atoms with Gasteiger partial charge in [-0.2, -0.15) is 0 Å². The highest BCUT2D eigenvalue weighted by Crippen LogP contribution is 2.19. The number of hydrogen-bond acceptors (Lipinski definition) is 4. The average molecular weight is 476 g/mol. The van der Waals surface area contributed by atoms with Crippen molar-refractivity contribution in [3.63, 3.8) is 0 Å². The molecule has 0 aliphatic carbocycles. The van der Waals surface area contributed by atoms with Crippen molar-refractivity contribution < 1.29 is 14.4 Å². The first-order valence-corrected chi connectivity index (χ1v) is 12.6. The quantitative estimate of drug-likeness (QED) is 0.270. The Balaban J connectivity index is 1.63. The van der Waals surface area contributed by atoms with Gasteiger partial charge in [0.15, 0.2) is 0 Å². The number of carbonyl (C=O) groups excluding carboxylic acids is 3. The molecule has 1 aliphatic rings. The minimum atomic E-state index is -0.479. The van der Waals surface area contributed by atoms with Crippen molar-refractivity contribution in [2.75, 3.05) is 13.1 Å². The third-order valence-corrected chi connectivity index (χ3v) is 6.58. The summed E-state index contributed by atoms with van der Waals surface area (Å²) in [6.07, 6.45) is 8.88. The van der Waals surface area contributed by atoms with Crippen LogP contribution in [0, 0.1) is 5.92 Å². The SMILES string of the molecule is CC1CCN(Cc2ccc(/C=C/c3ccccc3C(=O)NC(CCCC=O)CC(N)=O)cc2)CC1. The maximum absolute atomic E-state index is 13.0. The van der Waals surface area contributed by atoms with Crippen molar-refractivity contribution in [3.05, 3.63) is 70.8 Å². The van der Waals surface area contributed by atoms with Gasteiger partial charge >= 0.3 is 0 Å². The topological polar surface area (TPSA) is 92.5 Å². The molecule has 2 aromatic carbocycles. The Hall–Kier alpha value is -3.25. The van der Waals surface area contributed by atoms with Crippen molar-refractivity contribution >= 4 is 30.3 Å². The van der Waals surface area contributed by atoms with Gasteiger partial charge in [-0.05, 0) is 67.4 Å². The molecule has 1 heterocycles. The van der Waals surface area contributed by atoms with Crippen LogP contribution in [0.2, 0.25) is 0 Å². The summed E-state index contributed by atoms with van der Waals surface area (Å²) < 4.78 is 0. The van der Waals surface area contributed by atoms with E-state index < -0.39 is 11.9 Å². The lowest BCUT2D eigenvalue weighted by Crippen LogP contribution is -2.38. The van der Waals surface area contributed by atoms with E-state index in [0.29, 0.717) is 24.8 Å². The van der Waals surface area contributed by atoms with Crippen LogP contribution in [0.3, 0.4) is 0 Å². The Labute approximate surface area is 208 Å². The number of rotatable bonds is 12. The number of likely N-dealkylation sites (tertiary alicyclic amines) is 1. The number of unbranched alkanes of at least 4 members (excludes halogenated alkanes) is 1. The van der Waals surface area contributed by atoms with Gasteiger partial charge in [-0.3, -0.25) is 14.5 Å². The lowest BCUT2D eigenvalue weighted by atomic mass is 9.98. The lowest BCUT2D eigenvalue weighted by molar-refractivity contribution is -0.118. The molecule has 1 fully saturated rings. The van der Waals surface area contributed by atoms with E-state index in [1.165, 1.54) is 31.5 Å². The fourth-order valence-electron chi connectivity index (χ4n) is 4.43. The van der Waals surface area contributed by atoms with E-state index >= 15 is 0 Å². The molecule has 2 amide bonds. The standard InChI is InChI=1S/C29H37N3O3/c1-22-15-17-32(18-16-22)21-24-11-9-23(10-12-24)13-14-25-6-2-3-8-27(25)29(35)31-26(20-28(30)34)7-4-5-19-33/h2-3,6,8-14,19,22,26H,4-5,7,15-18,20-21H2,1H3,(H2,30,34)(H,31,35)/b14-13+. The number of nitrogens with zero attached hydrogens (tertiary/aromatic N) is 1. The molecule has 0 spiro atoms. The molecule has 0 aromatic heterocycles. The smallest absolute Gasteiger partial charge is 0.252 e. The van der Waals surface area contributed by atoms with Crippen molar-refractivity contribution in [2.45, 2.75) is 58.0 Å². The number of benzene rings is 2. The summed E-state index contributed by atoms with van der Waals surface area (Å²) in [7, 11) is 0. The lowest BCUT2D eigenvalue weighted by Gasteiger charge is -2.30. The number of hydrogen-bond donors (Lipinski definition) is 2. The highest BCUT2D eigenvalue weighted by atomic mass is 16.2. The van der Waals surface area contributed by atoms with E-state index in [1.807, 2.05) is 30.4 Å². The fourth-order valence-corrected chi connectivity index (χ4v) is 4.43. The number of nitrogens with two attached hydrogens (primary N) is 1. The van der Waals surface area contributed by atoms with Crippen molar-refractivity contribution in [3.8, 4) is 0 Å². The fraction of sp³-hybridized carbons (Fsp3) is 0.414. The third kappa shape index (κ3) is 8.80. The predicted molar refractivity (Wildman–Crippen MR) is 140 cm³/mol. The zero-order chi connectivity index (χ0) is 25.0. The van der Waals surface area contributed by atoms with E-state index in [-0.39, 0.29) is 12.3 Å². The van der Waals surface area contributed by atoms with Gasteiger partial charge in [0, 0.05) is 31.0 Å². The molecular weight excluding hydrogens is 438 g/mol. The normalized spacial score (nSPS) is 15.7. The number of piperidine rings is 1. The zero-order valence-corrected chi connectivity index (χ0v) is 20.6. The molecule has 35 heavy (non-hydrogen) atoms. The maximum Gasteiger partial charge on any atom is 0.252 e. The summed E-state index contributed by atoms with van der Waals surface area (Å²) >= 11 is 0. The minimum absolute atomic E-state index is 0.0470. The molecule has 0 saturated carbocycles. The first-order chi connectivity index (χ1) is 16.9. The van der Waals surface area contributed by atoms with Crippen LogP contribution in [-0.4, -0.2) is 42.1 Å². The summed E-state index contributed by atoms with van der Waals surface area (Å²) in [5.41, 5.74) is 9.05. The summed E-state index contributed by atoms with van der Waals surface area (Å²) in [5, 5.41) is 2.92. The van der Waals surface area contributed by atoms with Gasteiger partial charge < -0.3 is 15.8 Å². The highest BCUT2D eigenvalue weighted by molar-refractivity contribution is 5.99. The minimum Gasteiger partial charge on any atom is -0.370 e. The van der Waals surface area contributed by atoms with Gasteiger partial charge in [0.2, 0.25) is 5.91 Å². The second-order valence-corrected chi connectivity index (χ2v) is 9.56. The van der Waals surface area contributed by atoms with Crippen molar-refractivity contribution in [1.82, 2.24) is 10.2 Å². The molecule has 0 bridgehead atoms. The molecule has 0 radical (unpaired) electrons. The number of aldehydes is 1. The van der Waals surface area contributed by atoms with Gasteiger partial charge in [-0.1, -0.05) is 61.5 Å². The Morgan fingerprint density at radius 3 is 2.49 bits per heavy atom. The van der Waals surface area contributed by atoms with Gasteiger partial charge in [0.25, 0.3) is 5.91 Å². The van der Waals surface area contributed by atoms with E-state index in [4.69, 9.17) is 5.73 Å². The monoisotopic (exact) mass is 475 g/mol. The van der Waals surface area contributed by atoms with Crippen LogP contribution in [0.4, 0.5) is 0 Å². The molecule has 6 nitrogen and oxygen atoms in total. The highest BCUT2D eigenvalue weighted by Gasteiger charge is 2.18. The average Bonchev–Trinajstić information content (AvgIpc) is 2.85. The second-order valence-electron chi connectivity index (χ2n) is 9.56. The molecule has 1 aliphatic heterocycles.